The molecule has 2 amide bonds. The van der Waals surface area contributed by atoms with Gasteiger partial charge in [-0.15, -0.1) is 0 Å². The van der Waals surface area contributed by atoms with Crippen LogP contribution in [0, 0.1) is 5.92 Å². The molecule has 0 bridgehead atoms. The third-order valence-electron chi connectivity index (χ3n) is 6.23. The molecule has 4 aromatic rings. The zero-order valence-corrected chi connectivity index (χ0v) is 18.2. The monoisotopic (exact) mass is 443 g/mol. The Balaban J connectivity index is 1.24. The predicted molar refractivity (Wildman–Crippen MR) is 124 cm³/mol. The first-order valence-corrected chi connectivity index (χ1v) is 11.1. The van der Waals surface area contributed by atoms with Crippen LogP contribution in [0.15, 0.2) is 55.5 Å². The van der Waals surface area contributed by atoms with Gasteiger partial charge in [-0.05, 0) is 54.7 Å². The van der Waals surface area contributed by atoms with Gasteiger partial charge in [0, 0.05) is 48.5 Å². The number of H-pyrrole nitrogens is 1. The standard InChI is InChI=1S/C24H25N7O2/c1-2-23(33)30-10-6-16(7-11-30)12-22(32)26-14-17-13-19-18(5-9-25-24(19)29-17)20-15-28-31-21(20)4-3-8-27-31/h2-5,8-9,13,15-16H,1,6-7,10-12,14H2,(H,25,29)(H,26,32). The van der Waals surface area contributed by atoms with Gasteiger partial charge in [0.05, 0.1) is 18.3 Å². The third-order valence-corrected chi connectivity index (χ3v) is 6.23. The molecule has 5 rings (SSSR count). The van der Waals surface area contributed by atoms with E-state index in [2.05, 4.69) is 32.1 Å². The van der Waals surface area contributed by atoms with Gasteiger partial charge in [0.15, 0.2) is 0 Å². The minimum atomic E-state index is -0.0370. The fourth-order valence-corrected chi connectivity index (χ4v) is 4.47. The molecule has 0 saturated carbocycles. The molecule has 0 aromatic carbocycles. The molecule has 0 aliphatic carbocycles. The molecule has 33 heavy (non-hydrogen) atoms. The fraction of sp³-hybridized carbons (Fsp3) is 0.292. The van der Waals surface area contributed by atoms with Gasteiger partial charge < -0.3 is 15.2 Å². The van der Waals surface area contributed by atoms with E-state index in [9.17, 15) is 9.59 Å². The highest BCUT2D eigenvalue weighted by molar-refractivity contribution is 5.97. The maximum absolute atomic E-state index is 12.5. The van der Waals surface area contributed by atoms with E-state index >= 15 is 0 Å². The Morgan fingerprint density at radius 1 is 1.18 bits per heavy atom. The number of aromatic nitrogens is 5. The average molecular weight is 444 g/mol. The average Bonchev–Trinajstić information content (AvgIpc) is 3.46. The number of pyridine rings is 1. The highest BCUT2D eigenvalue weighted by Crippen LogP contribution is 2.30. The number of carbonyl (C=O) groups is 2. The normalized spacial score (nSPS) is 14.6. The molecular formula is C24H25N7O2. The zero-order valence-electron chi connectivity index (χ0n) is 18.2. The Kier molecular flexibility index (Phi) is 5.60. The first-order chi connectivity index (χ1) is 16.1. The lowest BCUT2D eigenvalue weighted by Crippen LogP contribution is -2.38. The second kappa shape index (κ2) is 8.85. The van der Waals surface area contributed by atoms with Crippen molar-refractivity contribution in [2.24, 2.45) is 5.92 Å². The molecule has 9 heteroatoms. The summed E-state index contributed by atoms with van der Waals surface area (Å²) in [5, 5.41) is 12.6. The van der Waals surface area contributed by atoms with Crippen molar-refractivity contribution in [3.05, 3.63) is 61.2 Å². The number of rotatable bonds is 6. The molecule has 0 spiro atoms. The van der Waals surface area contributed by atoms with E-state index < -0.39 is 0 Å². The van der Waals surface area contributed by atoms with Crippen LogP contribution in [0.4, 0.5) is 0 Å². The lowest BCUT2D eigenvalue weighted by Gasteiger charge is -2.31. The van der Waals surface area contributed by atoms with E-state index in [-0.39, 0.29) is 11.8 Å². The molecule has 1 fully saturated rings. The number of hydrogen-bond acceptors (Lipinski definition) is 5. The molecule has 0 atom stereocenters. The number of nitrogens with zero attached hydrogens (tertiary/aromatic N) is 5. The van der Waals surface area contributed by atoms with E-state index in [1.165, 1.54) is 6.08 Å². The van der Waals surface area contributed by atoms with Crippen LogP contribution in [-0.4, -0.2) is 54.6 Å². The third kappa shape index (κ3) is 4.21. The van der Waals surface area contributed by atoms with E-state index in [0.29, 0.717) is 32.0 Å². The van der Waals surface area contributed by atoms with Crippen molar-refractivity contribution in [3.8, 4) is 11.1 Å². The molecule has 168 valence electrons. The number of fused-ring (bicyclic) bond motifs is 2. The summed E-state index contributed by atoms with van der Waals surface area (Å²) in [7, 11) is 0. The van der Waals surface area contributed by atoms with Crippen LogP contribution in [-0.2, 0) is 16.1 Å². The number of amides is 2. The van der Waals surface area contributed by atoms with Gasteiger partial charge in [-0.2, -0.15) is 14.8 Å². The molecule has 9 nitrogen and oxygen atoms in total. The first-order valence-electron chi connectivity index (χ1n) is 11.1. The van der Waals surface area contributed by atoms with Gasteiger partial charge in [0.1, 0.15) is 5.65 Å². The van der Waals surface area contributed by atoms with Crippen LogP contribution in [0.1, 0.15) is 25.0 Å². The summed E-state index contributed by atoms with van der Waals surface area (Å²) in [4.78, 5) is 33.8. The molecule has 1 saturated heterocycles. The fourth-order valence-electron chi connectivity index (χ4n) is 4.47. The summed E-state index contributed by atoms with van der Waals surface area (Å²) in [6, 6.07) is 7.86. The van der Waals surface area contributed by atoms with E-state index in [4.69, 9.17) is 0 Å². The van der Waals surface area contributed by atoms with Crippen LogP contribution in [0.3, 0.4) is 0 Å². The second-order valence-corrected chi connectivity index (χ2v) is 8.33. The number of piperidine rings is 1. The van der Waals surface area contributed by atoms with Crippen molar-refractivity contribution < 1.29 is 9.59 Å². The summed E-state index contributed by atoms with van der Waals surface area (Å²) in [6.07, 6.45) is 8.75. The van der Waals surface area contributed by atoms with Crippen LogP contribution < -0.4 is 5.32 Å². The number of hydrogen-bond donors (Lipinski definition) is 2. The maximum Gasteiger partial charge on any atom is 0.245 e. The van der Waals surface area contributed by atoms with Crippen LogP contribution >= 0.6 is 0 Å². The van der Waals surface area contributed by atoms with E-state index in [1.807, 2.05) is 24.3 Å². The molecule has 0 radical (unpaired) electrons. The minimum Gasteiger partial charge on any atom is -0.351 e. The minimum absolute atomic E-state index is 0.0176. The Hall–Kier alpha value is -4.01. The lowest BCUT2D eigenvalue weighted by molar-refractivity contribution is -0.127. The van der Waals surface area contributed by atoms with Crippen molar-refractivity contribution in [2.75, 3.05) is 13.1 Å². The molecular weight excluding hydrogens is 418 g/mol. The molecule has 4 aromatic heterocycles. The van der Waals surface area contributed by atoms with Gasteiger partial charge >= 0.3 is 0 Å². The molecule has 1 aliphatic heterocycles. The molecule has 0 unspecified atom stereocenters. The van der Waals surface area contributed by atoms with Crippen molar-refractivity contribution in [2.45, 2.75) is 25.8 Å². The first kappa shape index (κ1) is 20.9. The maximum atomic E-state index is 12.5. The van der Waals surface area contributed by atoms with E-state index in [1.54, 1.807) is 28.1 Å². The predicted octanol–water partition coefficient (Wildman–Crippen LogP) is 2.70. The summed E-state index contributed by atoms with van der Waals surface area (Å²) in [5.74, 6) is 0.271. The summed E-state index contributed by atoms with van der Waals surface area (Å²) in [6.45, 7) is 5.29. The number of carbonyl (C=O) groups excluding carboxylic acids is 2. The van der Waals surface area contributed by atoms with Gasteiger partial charge in [-0.3, -0.25) is 9.59 Å². The van der Waals surface area contributed by atoms with Crippen LogP contribution in [0.2, 0.25) is 0 Å². The zero-order chi connectivity index (χ0) is 22.8. The van der Waals surface area contributed by atoms with Crippen molar-refractivity contribution >= 4 is 28.4 Å². The Morgan fingerprint density at radius 3 is 2.85 bits per heavy atom. The lowest BCUT2D eigenvalue weighted by atomic mass is 9.93. The summed E-state index contributed by atoms with van der Waals surface area (Å²) in [5.41, 5.74) is 4.56. The second-order valence-electron chi connectivity index (χ2n) is 8.33. The van der Waals surface area contributed by atoms with Gasteiger partial charge in [-0.1, -0.05) is 6.58 Å². The number of aromatic amines is 1. The van der Waals surface area contributed by atoms with Gasteiger partial charge in [-0.25, -0.2) is 4.98 Å². The molecule has 5 heterocycles. The highest BCUT2D eigenvalue weighted by atomic mass is 16.2. The smallest absolute Gasteiger partial charge is 0.245 e. The molecule has 2 N–H and O–H groups in total. The summed E-state index contributed by atoms with van der Waals surface area (Å²) < 4.78 is 1.60. The Labute approximate surface area is 190 Å². The molecule has 1 aliphatic rings. The number of likely N-dealkylation sites (tertiary alicyclic amines) is 1. The van der Waals surface area contributed by atoms with Gasteiger partial charge in [0.25, 0.3) is 0 Å². The summed E-state index contributed by atoms with van der Waals surface area (Å²) >= 11 is 0. The van der Waals surface area contributed by atoms with Crippen molar-refractivity contribution in [1.29, 1.82) is 0 Å². The van der Waals surface area contributed by atoms with E-state index in [0.717, 1.165) is 46.2 Å². The van der Waals surface area contributed by atoms with Crippen molar-refractivity contribution in [1.82, 2.24) is 35.0 Å². The Bertz CT molecular complexity index is 1330. The largest absolute Gasteiger partial charge is 0.351 e. The van der Waals surface area contributed by atoms with Crippen molar-refractivity contribution in [3.63, 3.8) is 0 Å². The highest BCUT2D eigenvalue weighted by Gasteiger charge is 2.23. The topological polar surface area (TPSA) is 108 Å². The Morgan fingerprint density at radius 2 is 2.03 bits per heavy atom. The quantitative estimate of drug-likeness (QED) is 0.446. The SMILES string of the molecule is C=CC(=O)N1CCC(CC(=O)NCc2cc3c(-c4cnn5ncccc45)ccnc3[nH]2)CC1. The van der Waals surface area contributed by atoms with Crippen LogP contribution in [0.25, 0.3) is 27.7 Å². The van der Waals surface area contributed by atoms with Crippen LogP contribution in [0.5, 0.6) is 0 Å². The van der Waals surface area contributed by atoms with Gasteiger partial charge in [0.2, 0.25) is 11.8 Å². The number of nitrogens with one attached hydrogen (secondary N) is 2.